The maximum absolute atomic E-state index is 13.5. The molecule has 1 aromatic carbocycles. The molecule has 1 aliphatic carbocycles. The van der Waals surface area contributed by atoms with Gasteiger partial charge in [0.1, 0.15) is 6.04 Å². The third-order valence-electron chi connectivity index (χ3n) is 5.89. The standard InChI is InChI=1S/C19H22F2N2O2/c20-19(21)8-5-13(6-9-19)17-18(25)23-10-7-12-3-1-2-4-14(12)15(23)11-16(24)22-17/h1-4,13,15,17H,5-11H2,(H,22,24)/t15-,17?/m1/s1. The van der Waals surface area contributed by atoms with Crippen molar-refractivity contribution in [3.05, 3.63) is 35.4 Å². The zero-order chi connectivity index (χ0) is 17.6. The van der Waals surface area contributed by atoms with Crippen LogP contribution in [0.25, 0.3) is 0 Å². The molecule has 1 aromatic rings. The summed E-state index contributed by atoms with van der Waals surface area (Å²) in [5, 5.41) is 2.84. The smallest absolute Gasteiger partial charge is 0.248 e. The minimum Gasteiger partial charge on any atom is -0.344 e. The summed E-state index contributed by atoms with van der Waals surface area (Å²) in [5.41, 5.74) is 2.22. The number of halogens is 2. The molecule has 3 aliphatic rings. The number of nitrogens with one attached hydrogen (secondary N) is 1. The minimum atomic E-state index is -2.64. The summed E-state index contributed by atoms with van der Waals surface area (Å²) in [6, 6.07) is 7.01. The van der Waals surface area contributed by atoms with E-state index in [-0.39, 0.29) is 55.9 Å². The minimum absolute atomic E-state index is 0.111. The zero-order valence-electron chi connectivity index (χ0n) is 14.0. The number of carbonyl (C=O) groups is 2. The number of carbonyl (C=O) groups excluding carboxylic acids is 2. The van der Waals surface area contributed by atoms with Crippen LogP contribution in [0.5, 0.6) is 0 Å². The van der Waals surface area contributed by atoms with Crippen LogP contribution in [0.4, 0.5) is 8.78 Å². The van der Waals surface area contributed by atoms with E-state index in [2.05, 4.69) is 5.32 Å². The fraction of sp³-hybridized carbons (Fsp3) is 0.579. The average Bonchev–Trinajstić information content (AvgIpc) is 2.72. The second-order valence-corrected chi connectivity index (χ2v) is 7.44. The van der Waals surface area contributed by atoms with Crippen LogP contribution in [0.15, 0.2) is 24.3 Å². The molecular formula is C19H22F2N2O2. The van der Waals surface area contributed by atoms with Crippen molar-refractivity contribution in [3.63, 3.8) is 0 Å². The lowest BCUT2D eigenvalue weighted by Crippen LogP contribution is -2.51. The van der Waals surface area contributed by atoms with Crippen LogP contribution in [0.1, 0.15) is 49.3 Å². The molecule has 6 heteroatoms. The number of rotatable bonds is 1. The van der Waals surface area contributed by atoms with Crippen molar-refractivity contribution in [1.29, 1.82) is 0 Å². The summed E-state index contributed by atoms with van der Waals surface area (Å²) in [6.45, 7) is 0.578. The molecule has 1 unspecified atom stereocenters. The van der Waals surface area contributed by atoms with Crippen molar-refractivity contribution in [2.45, 2.75) is 56.5 Å². The van der Waals surface area contributed by atoms with Crippen LogP contribution < -0.4 is 5.32 Å². The first kappa shape index (κ1) is 16.5. The maximum atomic E-state index is 13.5. The Morgan fingerprint density at radius 3 is 2.60 bits per heavy atom. The van der Waals surface area contributed by atoms with Crippen LogP contribution >= 0.6 is 0 Å². The van der Waals surface area contributed by atoms with Gasteiger partial charge in [0, 0.05) is 19.4 Å². The third kappa shape index (κ3) is 3.02. The first-order chi connectivity index (χ1) is 11.9. The lowest BCUT2D eigenvalue weighted by atomic mass is 9.81. The summed E-state index contributed by atoms with van der Waals surface area (Å²) < 4.78 is 26.9. The fourth-order valence-electron chi connectivity index (χ4n) is 4.50. The quantitative estimate of drug-likeness (QED) is 0.848. The van der Waals surface area contributed by atoms with E-state index < -0.39 is 12.0 Å². The van der Waals surface area contributed by atoms with E-state index in [0.29, 0.717) is 6.54 Å². The van der Waals surface area contributed by atoms with Gasteiger partial charge in [0.05, 0.1) is 12.5 Å². The largest absolute Gasteiger partial charge is 0.344 e. The molecule has 134 valence electrons. The number of amides is 2. The van der Waals surface area contributed by atoms with Gasteiger partial charge < -0.3 is 10.2 Å². The molecular weight excluding hydrogens is 326 g/mol. The molecule has 0 bridgehead atoms. The molecule has 2 aliphatic heterocycles. The topological polar surface area (TPSA) is 49.4 Å². The number of nitrogens with zero attached hydrogens (tertiary/aromatic N) is 1. The molecule has 1 saturated heterocycles. The molecule has 1 N–H and O–H groups in total. The average molecular weight is 348 g/mol. The highest BCUT2D eigenvalue weighted by atomic mass is 19.3. The van der Waals surface area contributed by atoms with E-state index >= 15 is 0 Å². The molecule has 4 rings (SSSR count). The molecule has 25 heavy (non-hydrogen) atoms. The highest BCUT2D eigenvalue weighted by Crippen LogP contribution is 2.40. The molecule has 2 heterocycles. The monoisotopic (exact) mass is 348 g/mol. The van der Waals surface area contributed by atoms with Gasteiger partial charge in [-0.3, -0.25) is 9.59 Å². The predicted octanol–water partition coefficient (Wildman–Crippen LogP) is 2.83. The lowest BCUT2D eigenvalue weighted by Gasteiger charge is -2.38. The highest BCUT2D eigenvalue weighted by molar-refractivity contribution is 5.91. The number of fused-ring (bicyclic) bond motifs is 3. The molecule has 1 saturated carbocycles. The van der Waals surface area contributed by atoms with Crippen LogP contribution in [-0.2, 0) is 16.0 Å². The van der Waals surface area contributed by atoms with Gasteiger partial charge in [0.25, 0.3) is 0 Å². The van der Waals surface area contributed by atoms with Crippen molar-refractivity contribution in [3.8, 4) is 0 Å². The Kier molecular flexibility index (Phi) is 4.01. The predicted molar refractivity (Wildman–Crippen MR) is 88.1 cm³/mol. The summed E-state index contributed by atoms with van der Waals surface area (Å²) >= 11 is 0. The number of hydrogen-bond acceptors (Lipinski definition) is 2. The molecule has 2 amide bonds. The van der Waals surface area contributed by atoms with E-state index in [1.165, 1.54) is 5.56 Å². The molecule has 2 atom stereocenters. The van der Waals surface area contributed by atoms with Crippen LogP contribution in [0.3, 0.4) is 0 Å². The molecule has 0 radical (unpaired) electrons. The van der Waals surface area contributed by atoms with Crippen LogP contribution in [0, 0.1) is 5.92 Å². The Morgan fingerprint density at radius 2 is 1.84 bits per heavy atom. The maximum Gasteiger partial charge on any atom is 0.248 e. The summed E-state index contributed by atoms with van der Waals surface area (Å²) in [4.78, 5) is 27.3. The van der Waals surface area contributed by atoms with Gasteiger partial charge in [-0.25, -0.2) is 8.78 Å². The Hall–Kier alpha value is -1.98. The second-order valence-electron chi connectivity index (χ2n) is 7.44. The summed E-state index contributed by atoms with van der Waals surface area (Å²) in [7, 11) is 0. The van der Waals surface area contributed by atoms with Gasteiger partial charge >= 0.3 is 0 Å². The van der Waals surface area contributed by atoms with E-state index in [1.807, 2.05) is 24.3 Å². The lowest BCUT2D eigenvalue weighted by molar-refractivity contribution is -0.138. The first-order valence-electron chi connectivity index (χ1n) is 9.00. The van der Waals surface area contributed by atoms with Gasteiger partial charge in [-0.05, 0) is 36.3 Å². The van der Waals surface area contributed by atoms with Gasteiger partial charge in [-0.15, -0.1) is 0 Å². The van der Waals surface area contributed by atoms with Gasteiger partial charge in [-0.1, -0.05) is 24.3 Å². The van der Waals surface area contributed by atoms with Crippen molar-refractivity contribution in [1.82, 2.24) is 10.2 Å². The van der Waals surface area contributed by atoms with E-state index in [4.69, 9.17) is 0 Å². The number of benzene rings is 1. The van der Waals surface area contributed by atoms with Crippen molar-refractivity contribution in [2.75, 3.05) is 6.54 Å². The zero-order valence-corrected chi connectivity index (χ0v) is 14.0. The summed E-state index contributed by atoms with van der Waals surface area (Å²) in [6.07, 6.45) is 1.15. The summed E-state index contributed by atoms with van der Waals surface area (Å²) in [5.74, 6) is -3.12. The van der Waals surface area contributed by atoms with Crippen molar-refractivity contribution < 1.29 is 18.4 Å². The van der Waals surface area contributed by atoms with Gasteiger partial charge in [0.15, 0.2) is 0 Å². The number of alkyl halides is 2. The Morgan fingerprint density at radius 1 is 1.12 bits per heavy atom. The molecule has 0 spiro atoms. The number of hydrogen-bond donors (Lipinski definition) is 1. The third-order valence-corrected chi connectivity index (χ3v) is 5.89. The molecule has 2 fully saturated rings. The normalized spacial score (nSPS) is 29.4. The van der Waals surface area contributed by atoms with Crippen LogP contribution in [0.2, 0.25) is 0 Å². The van der Waals surface area contributed by atoms with Crippen molar-refractivity contribution in [2.24, 2.45) is 5.92 Å². The Balaban J connectivity index is 1.60. The molecule has 0 aromatic heterocycles. The van der Waals surface area contributed by atoms with E-state index in [1.54, 1.807) is 4.90 Å². The molecule has 4 nitrogen and oxygen atoms in total. The van der Waals surface area contributed by atoms with Crippen LogP contribution in [-0.4, -0.2) is 35.2 Å². The SMILES string of the molecule is O=C1C[C@@H]2c3ccccc3CCN2C(=O)C(C2CCC(F)(F)CC2)N1. The Labute approximate surface area is 145 Å². The van der Waals surface area contributed by atoms with E-state index in [9.17, 15) is 18.4 Å². The highest BCUT2D eigenvalue weighted by Gasteiger charge is 2.45. The van der Waals surface area contributed by atoms with Crippen molar-refractivity contribution >= 4 is 11.8 Å². The van der Waals surface area contributed by atoms with Gasteiger partial charge in [-0.2, -0.15) is 0 Å². The van der Waals surface area contributed by atoms with Gasteiger partial charge in [0.2, 0.25) is 17.7 Å². The second kappa shape index (κ2) is 6.07. The van der Waals surface area contributed by atoms with E-state index in [0.717, 1.165) is 12.0 Å². The first-order valence-corrected chi connectivity index (χ1v) is 9.00. The fourth-order valence-corrected chi connectivity index (χ4v) is 4.50. The Bertz CT molecular complexity index is 696.